The van der Waals surface area contributed by atoms with Crippen molar-refractivity contribution >= 4 is 5.78 Å². The van der Waals surface area contributed by atoms with E-state index in [0.29, 0.717) is 5.78 Å². The predicted molar refractivity (Wildman–Crippen MR) is 96.5 cm³/mol. The van der Waals surface area contributed by atoms with E-state index in [-0.39, 0.29) is 22.3 Å². The average Bonchev–Trinajstić information content (AvgIpc) is 2.81. The Labute approximate surface area is 147 Å². The van der Waals surface area contributed by atoms with Crippen molar-refractivity contribution in [2.75, 3.05) is 0 Å². The fraction of sp³-hybridized carbons (Fsp3) is 0.864. The third kappa shape index (κ3) is 1.95. The van der Waals surface area contributed by atoms with Gasteiger partial charge < -0.3 is 5.11 Å². The zero-order valence-electron chi connectivity index (χ0n) is 15.9. The van der Waals surface area contributed by atoms with Crippen LogP contribution in [0.15, 0.2) is 11.6 Å². The van der Waals surface area contributed by atoms with Gasteiger partial charge in [-0.1, -0.05) is 26.3 Å². The van der Waals surface area contributed by atoms with Crippen LogP contribution in [-0.2, 0) is 4.79 Å². The molecule has 4 aliphatic rings. The summed E-state index contributed by atoms with van der Waals surface area (Å²) >= 11 is 0. The summed E-state index contributed by atoms with van der Waals surface area (Å²) in [6.45, 7) is 9.28. The fourth-order valence-electron chi connectivity index (χ4n) is 7.55. The molecule has 0 radical (unpaired) electrons. The van der Waals surface area contributed by atoms with E-state index >= 15 is 0 Å². The van der Waals surface area contributed by atoms with E-state index in [9.17, 15) is 9.90 Å². The highest BCUT2D eigenvalue weighted by Crippen LogP contribution is 2.70. The van der Waals surface area contributed by atoms with Gasteiger partial charge in [0.05, 0.1) is 6.10 Å². The number of allylic oxidation sites excluding steroid dienone is 1. The Morgan fingerprint density at radius 3 is 2.46 bits per heavy atom. The highest BCUT2D eigenvalue weighted by Gasteiger charge is 2.63. The summed E-state index contributed by atoms with van der Waals surface area (Å²) in [6, 6.07) is 0. The van der Waals surface area contributed by atoms with E-state index in [1.165, 1.54) is 37.7 Å². The summed E-state index contributed by atoms with van der Waals surface area (Å²) in [5.74, 6) is 2.65. The van der Waals surface area contributed by atoms with Gasteiger partial charge in [0, 0.05) is 6.42 Å². The van der Waals surface area contributed by atoms with E-state index in [1.807, 2.05) is 13.0 Å². The average molecular weight is 331 g/mol. The Morgan fingerprint density at radius 2 is 1.75 bits per heavy atom. The largest absolute Gasteiger partial charge is 0.393 e. The third-order valence-corrected chi connectivity index (χ3v) is 9.55. The van der Waals surface area contributed by atoms with Gasteiger partial charge in [0.2, 0.25) is 0 Å². The van der Waals surface area contributed by atoms with Crippen LogP contribution in [-0.4, -0.2) is 17.0 Å². The lowest BCUT2D eigenvalue weighted by Gasteiger charge is -2.60. The number of carbonyl (C=O) groups is 1. The maximum Gasteiger partial charge on any atom is 0.155 e. The van der Waals surface area contributed by atoms with E-state index < -0.39 is 0 Å². The number of hydrogen-bond acceptors (Lipinski definition) is 2. The molecule has 0 amide bonds. The van der Waals surface area contributed by atoms with Crippen molar-refractivity contribution in [3.63, 3.8) is 0 Å². The molecule has 0 unspecified atom stereocenters. The van der Waals surface area contributed by atoms with Crippen molar-refractivity contribution in [1.29, 1.82) is 0 Å². The van der Waals surface area contributed by atoms with Crippen LogP contribution in [0, 0.1) is 34.0 Å². The second-order valence-corrected chi connectivity index (χ2v) is 10.1. The Balaban J connectivity index is 1.69. The number of aliphatic hydroxyl groups excluding tert-OH is 1. The minimum absolute atomic E-state index is 0.0716. The van der Waals surface area contributed by atoms with Crippen LogP contribution in [0.5, 0.6) is 0 Å². The molecule has 0 aromatic rings. The molecule has 0 aromatic carbocycles. The van der Waals surface area contributed by atoms with Gasteiger partial charge in [-0.2, -0.15) is 0 Å². The molecule has 0 saturated heterocycles. The fourth-order valence-corrected chi connectivity index (χ4v) is 7.55. The smallest absolute Gasteiger partial charge is 0.155 e. The number of carbonyl (C=O) groups excluding carboxylic acids is 1. The molecule has 3 fully saturated rings. The number of fused-ring (bicyclic) bond motifs is 5. The highest BCUT2D eigenvalue weighted by molar-refractivity contribution is 5.91. The molecule has 4 aliphatic carbocycles. The second kappa shape index (κ2) is 5.19. The van der Waals surface area contributed by atoms with Gasteiger partial charge in [-0.05, 0) is 91.9 Å². The van der Waals surface area contributed by atoms with E-state index in [0.717, 1.165) is 37.0 Å². The topological polar surface area (TPSA) is 37.3 Å². The van der Waals surface area contributed by atoms with Crippen molar-refractivity contribution in [3.8, 4) is 0 Å². The SMILES string of the molecule is C[C@H](O)[C@@]1(C)CC[C@H]2[C@@H]3CCC4=CC(=O)CC[C@@]4(C)[C@@H]3CC[C@@]21C. The second-order valence-electron chi connectivity index (χ2n) is 10.1. The van der Waals surface area contributed by atoms with Crippen LogP contribution in [0.4, 0.5) is 0 Å². The molecule has 24 heavy (non-hydrogen) atoms. The summed E-state index contributed by atoms with van der Waals surface area (Å²) in [5, 5.41) is 10.5. The minimum Gasteiger partial charge on any atom is -0.393 e. The third-order valence-electron chi connectivity index (χ3n) is 9.55. The lowest BCUT2D eigenvalue weighted by molar-refractivity contribution is -0.121. The molecule has 0 aliphatic heterocycles. The van der Waals surface area contributed by atoms with Crippen molar-refractivity contribution < 1.29 is 9.90 Å². The maximum atomic E-state index is 11.9. The molecule has 3 saturated carbocycles. The van der Waals surface area contributed by atoms with Gasteiger partial charge >= 0.3 is 0 Å². The first-order valence-electron chi connectivity index (χ1n) is 10.1. The number of ketones is 1. The molecule has 2 heteroatoms. The van der Waals surface area contributed by atoms with Crippen LogP contribution >= 0.6 is 0 Å². The monoisotopic (exact) mass is 330 g/mol. The van der Waals surface area contributed by atoms with Crippen molar-refractivity contribution in [3.05, 3.63) is 11.6 Å². The van der Waals surface area contributed by atoms with Crippen LogP contribution in [0.2, 0.25) is 0 Å². The zero-order valence-corrected chi connectivity index (χ0v) is 15.9. The summed E-state index contributed by atoms with van der Waals surface area (Å²) in [7, 11) is 0. The Hall–Kier alpha value is -0.630. The summed E-state index contributed by atoms with van der Waals surface area (Å²) in [5.41, 5.74) is 2.08. The summed E-state index contributed by atoms with van der Waals surface area (Å²) in [4.78, 5) is 11.9. The normalized spacial score (nSPS) is 52.1. The minimum atomic E-state index is -0.217. The Bertz CT molecular complexity index is 591. The Morgan fingerprint density at radius 1 is 1.04 bits per heavy atom. The standard InChI is InChI=1S/C22H34O2/c1-14(23)21(3)11-9-19-17-6-5-15-13-16(24)7-10-20(15,2)18(17)8-12-22(19,21)4/h13-14,17-19,23H,5-12H2,1-4H3/t14-,17+,18+,19-,20+,21+,22-/m0/s1. The number of hydrogen-bond donors (Lipinski definition) is 1. The van der Waals surface area contributed by atoms with Crippen molar-refractivity contribution in [2.24, 2.45) is 34.0 Å². The first-order chi connectivity index (χ1) is 11.2. The van der Waals surface area contributed by atoms with Crippen LogP contribution in [0.3, 0.4) is 0 Å². The molecule has 7 atom stereocenters. The molecule has 0 bridgehead atoms. The maximum absolute atomic E-state index is 11.9. The predicted octanol–water partition coefficient (Wildman–Crippen LogP) is 4.91. The highest BCUT2D eigenvalue weighted by atomic mass is 16.3. The van der Waals surface area contributed by atoms with Gasteiger partial charge in [-0.3, -0.25) is 4.79 Å². The number of rotatable bonds is 1. The van der Waals surface area contributed by atoms with E-state index in [1.54, 1.807) is 0 Å². The van der Waals surface area contributed by atoms with Crippen LogP contribution < -0.4 is 0 Å². The first-order valence-corrected chi connectivity index (χ1v) is 10.1. The quantitative estimate of drug-likeness (QED) is 0.742. The van der Waals surface area contributed by atoms with Crippen molar-refractivity contribution in [1.82, 2.24) is 0 Å². The lowest BCUT2D eigenvalue weighted by Crippen LogP contribution is -2.54. The van der Waals surface area contributed by atoms with Gasteiger partial charge in [-0.15, -0.1) is 0 Å². The molecule has 134 valence electrons. The summed E-state index contributed by atoms with van der Waals surface area (Å²) < 4.78 is 0. The molecule has 1 N–H and O–H groups in total. The number of aliphatic hydroxyl groups is 1. The lowest BCUT2D eigenvalue weighted by atomic mass is 9.45. The molecule has 2 nitrogen and oxygen atoms in total. The molecule has 0 spiro atoms. The van der Waals surface area contributed by atoms with Crippen LogP contribution in [0.25, 0.3) is 0 Å². The van der Waals surface area contributed by atoms with Crippen LogP contribution in [0.1, 0.15) is 79.1 Å². The van der Waals surface area contributed by atoms with Gasteiger partial charge in [0.15, 0.2) is 5.78 Å². The van der Waals surface area contributed by atoms with Gasteiger partial charge in [0.25, 0.3) is 0 Å². The van der Waals surface area contributed by atoms with E-state index in [4.69, 9.17) is 0 Å². The van der Waals surface area contributed by atoms with Gasteiger partial charge in [0.1, 0.15) is 0 Å². The first kappa shape index (κ1) is 16.8. The van der Waals surface area contributed by atoms with Crippen molar-refractivity contribution in [2.45, 2.75) is 85.2 Å². The molecular formula is C22H34O2. The molecule has 0 aromatic heterocycles. The summed E-state index contributed by atoms with van der Waals surface area (Å²) in [6.07, 6.45) is 11.0. The van der Waals surface area contributed by atoms with E-state index in [2.05, 4.69) is 20.8 Å². The zero-order chi connectivity index (χ0) is 17.3. The van der Waals surface area contributed by atoms with Gasteiger partial charge in [-0.25, -0.2) is 0 Å². The molecular weight excluding hydrogens is 296 g/mol. The molecule has 0 heterocycles. The Kier molecular flexibility index (Phi) is 3.64. The molecule has 4 rings (SSSR count).